The predicted octanol–water partition coefficient (Wildman–Crippen LogP) is 3.44. The van der Waals surface area contributed by atoms with Gasteiger partial charge in [0.1, 0.15) is 0 Å². The molecule has 0 bridgehead atoms. The normalized spacial score (nSPS) is 14.7. The molecule has 1 aliphatic rings. The van der Waals surface area contributed by atoms with Gasteiger partial charge in [0.05, 0.1) is 0 Å². The summed E-state index contributed by atoms with van der Waals surface area (Å²) in [5, 5.41) is 0.841. The van der Waals surface area contributed by atoms with Crippen LogP contribution in [0.3, 0.4) is 0 Å². The van der Waals surface area contributed by atoms with Gasteiger partial charge in [-0.1, -0.05) is 35.9 Å². The van der Waals surface area contributed by atoms with E-state index in [1.54, 1.807) is 0 Å². The smallest absolute Gasteiger partial charge is 0.0451 e. The molecule has 0 atom stereocenters. The third kappa shape index (κ3) is 2.22. The summed E-state index contributed by atoms with van der Waals surface area (Å²) in [5.41, 5.74) is 10.5. The van der Waals surface area contributed by atoms with E-state index >= 15 is 0 Å². The highest BCUT2D eigenvalue weighted by Crippen LogP contribution is 2.27. The van der Waals surface area contributed by atoms with Gasteiger partial charge in [-0.05, 0) is 34.9 Å². The molecule has 0 saturated carbocycles. The quantitative estimate of drug-likeness (QED) is 0.836. The van der Waals surface area contributed by atoms with Gasteiger partial charge in [-0.15, -0.1) is 0 Å². The Morgan fingerprint density at radius 2 is 1.83 bits per heavy atom. The van der Waals surface area contributed by atoms with E-state index in [1.807, 2.05) is 24.3 Å². The highest BCUT2D eigenvalue weighted by molar-refractivity contribution is 6.31. The molecule has 0 amide bonds. The second kappa shape index (κ2) is 4.63. The number of halogens is 1. The van der Waals surface area contributed by atoms with Crippen LogP contribution in [0.1, 0.15) is 16.7 Å². The minimum Gasteiger partial charge on any atom is -0.399 e. The maximum atomic E-state index is 6.19. The molecule has 2 aromatic rings. The molecule has 0 aliphatic carbocycles. The molecule has 0 spiro atoms. The second-order valence-electron chi connectivity index (χ2n) is 4.76. The minimum absolute atomic E-state index is 0.841. The zero-order valence-electron chi connectivity index (χ0n) is 10.1. The molecular weight excluding hydrogens is 244 g/mol. The van der Waals surface area contributed by atoms with Crippen molar-refractivity contribution in [3.8, 4) is 0 Å². The number of nitrogen functional groups attached to an aromatic ring is 1. The molecule has 2 aromatic carbocycles. The van der Waals surface area contributed by atoms with Gasteiger partial charge in [0, 0.05) is 30.3 Å². The molecule has 0 aromatic heterocycles. The predicted molar refractivity (Wildman–Crippen MR) is 75.3 cm³/mol. The van der Waals surface area contributed by atoms with Crippen molar-refractivity contribution >= 4 is 17.3 Å². The van der Waals surface area contributed by atoms with Gasteiger partial charge in [0.25, 0.3) is 0 Å². The van der Waals surface area contributed by atoms with Crippen molar-refractivity contribution in [2.24, 2.45) is 0 Å². The average molecular weight is 259 g/mol. The van der Waals surface area contributed by atoms with E-state index in [4.69, 9.17) is 17.3 Å². The Morgan fingerprint density at radius 3 is 2.67 bits per heavy atom. The van der Waals surface area contributed by atoms with Crippen molar-refractivity contribution < 1.29 is 0 Å². The molecule has 0 saturated heterocycles. The average Bonchev–Trinajstić information content (AvgIpc) is 2.73. The lowest BCUT2D eigenvalue weighted by atomic mass is 10.1. The number of anilines is 1. The van der Waals surface area contributed by atoms with Crippen LogP contribution in [0, 0.1) is 0 Å². The van der Waals surface area contributed by atoms with Crippen molar-refractivity contribution in [2.45, 2.75) is 19.6 Å². The summed E-state index contributed by atoms with van der Waals surface area (Å²) in [4.78, 5) is 2.38. The maximum absolute atomic E-state index is 6.19. The van der Waals surface area contributed by atoms with Gasteiger partial charge in [-0.2, -0.15) is 0 Å². The number of rotatable bonds is 2. The van der Waals surface area contributed by atoms with Crippen LogP contribution in [0.15, 0.2) is 42.5 Å². The summed E-state index contributed by atoms with van der Waals surface area (Å²) >= 11 is 6.19. The summed E-state index contributed by atoms with van der Waals surface area (Å²) in [6.45, 7) is 2.81. The molecule has 3 heteroatoms. The molecule has 1 aliphatic heterocycles. The van der Waals surface area contributed by atoms with Crippen LogP contribution in [0.25, 0.3) is 0 Å². The van der Waals surface area contributed by atoms with Gasteiger partial charge in [-0.3, -0.25) is 4.90 Å². The number of nitrogens with two attached hydrogens (primary N) is 1. The van der Waals surface area contributed by atoms with Crippen LogP contribution in [-0.4, -0.2) is 4.90 Å². The first-order chi connectivity index (χ1) is 8.72. The van der Waals surface area contributed by atoms with Crippen molar-refractivity contribution in [3.63, 3.8) is 0 Å². The molecule has 0 radical (unpaired) electrons. The SMILES string of the molecule is Nc1ccc2c(c1)CN(Cc1ccccc1Cl)C2. The van der Waals surface area contributed by atoms with Crippen molar-refractivity contribution in [3.05, 3.63) is 64.2 Å². The molecule has 2 N–H and O–H groups in total. The summed E-state index contributed by atoms with van der Waals surface area (Å²) in [7, 11) is 0. The zero-order valence-corrected chi connectivity index (χ0v) is 10.8. The highest BCUT2D eigenvalue weighted by Gasteiger charge is 2.19. The molecule has 2 nitrogen and oxygen atoms in total. The van der Waals surface area contributed by atoms with E-state index in [9.17, 15) is 0 Å². The van der Waals surface area contributed by atoms with Gasteiger partial charge in [0.15, 0.2) is 0 Å². The Hall–Kier alpha value is -1.51. The van der Waals surface area contributed by atoms with Crippen LogP contribution in [0.4, 0.5) is 5.69 Å². The van der Waals surface area contributed by atoms with Crippen molar-refractivity contribution in [1.29, 1.82) is 0 Å². The number of fused-ring (bicyclic) bond motifs is 1. The Morgan fingerprint density at radius 1 is 1.06 bits per heavy atom. The topological polar surface area (TPSA) is 29.3 Å². The molecule has 1 heterocycles. The first-order valence-electron chi connectivity index (χ1n) is 6.05. The summed E-state index contributed by atoms with van der Waals surface area (Å²) in [5.74, 6) is 0. The fourth-order valence-electron chi connectivity index (χ4n) is 2.46. The van der Waals surface area contributed by atoms with Gasteiger partial charge < -0.3 is 5.73 Å². The van der Waals surface area contributed by atoms with Crippen LogP contribution in [0.5, 0.6) is 0 Å². The lowest BCUT2D eigenvalue weighted by Crippen LogP contribution is -2.15. The first kappa shape index (κ1) is 11.6. The Bertz CT molecular complexity index is 580. The lowest BCUT2D eigenvalue weighted by Gasteiger charge is -2.15. The summed E-state index contributed by atoms with van der Waals surface area (Å²) in [6.07, 6.45) is 0. The van der Waals surface area contributed by atoms with E-state index < -0.39 is 0 Å². The fraction of sp³-hybridized carbons (Fsp3) is 0.200. The number of hydrogen-bond donors (Lipinski definition) is 1. The first-order valence-corrected chi connectivity index (χ1v) is 6.43. The molecule has 0 fully saturated rings. The molecule has 0 unspecified atom stereocenters. The van der Waals surface area contributed by atoms with Crippen LogP contribution >= 0.6 is 11.6 Å². The lowest BCUT2D eigenvalue weighted by molar-refractivity contribution is 0.275. The second-order valence-corrected chi connectivity index (χ2v) is 5.17. The molecule has 92 valence electrons. The number of hydrogen-bond acceptors (Lipinski definition) is 2. The van der Waals surface area contributed by atoms with Crippen molar-refractivity contribution in [1.82, 2.24) is 4.90 Å². The Kier molecular flexibility index (Phi) is 2.98. The van der Waals surface area contributed by atoms with Crippen LogP contribution < -0.4 is 5.73 Å². The standard InChI is InChI=1S/C15H15ClN2/c16-15-4-2-1-3-12(15)9-18-8-11-5-6-14(17)7-13(11)10-18/h1-7H,8-10,17H2. The number of benzene rings is 2. The van der Waals surface area contributed by atoms with E-state index in [-0.39, 0.29) is 0 Å². The Balaban J connectivity index is 1.77. The summed E-state index contributed by atoms with van der Waals surface area (Å²) in [6, 6.07) is 14.2. The summed E-state index contributed by atoms with van der Waals surface area (Å²) < 4.78 is 0. The molecular formula is C15H15ClN2. The van der Waals surface area contributed by atoms with E-state index in [2.05, 4.69) is 23.1 Å². The van der Waals surface area contributed by atoms with E-state index in [0.29, 0.717) is 0 Å². The van der Waals surface area contributed by atoms with Crippen molar-refractivity contribution in [2.75, 3.05) is 5.73 Å². The highest BCUT2D eigenvalue weighted by atomic mass is 35.5. The minimum atomic E-state index is 0.841. The largest absolute Gasteiger partial charge is 0.399 e. The van der Waals surface area contributed by atoms with Gasteiger partial charge in [0.2, 0.25) is 0 Å². The third-order valence-corrected chi connectivity index (χ3v) is 3.74. The Labute approximate surface area is 112 Å². The fourth-order valence-corrected chi connectivity index (χ4v) is 2.66. The molecule has 18 heavy (non-hydrogen) atoms. The van der Waals surface area contributed by atoms with E-state index in [1.165, 1.54) is 16.7 Å². The van der Waals surface area contributed by atoms with Gasteiger partial charge in [-0.25, -0.2) is 0 Å². The molecule has 3 rings (SSSR count). The number of nitrogens with zero attached hydrogens (tertiary/aromatic N) is 1. The zero-order chi connectivity index (χ0) is 12.5. The third-order valence-electron chi connectivity index (χ3n) is 3.37. The van der Waals surface area contributed by atoms with Crippen LogP contribution in [-0.2, 0) is 19.6 Å². The monoisotopic (exact) mass is 258 g/mol. The van der Waals surface area contributed by atoms with Crippen LogP contribution in [0.2, 0.25) is 5.02 Å². The van der Waals surface area contributed by atoms with Gasteiger partial charge >= 0.3 is 0 Å². The van der Waals surface area contributed by atoms with E-state index in [0.717, 1.165) is 30.3 Å². The maximum Gasteiger partial charge on any atom is 0.0451 e.